The van der Waals surface area contributed by atoms with Gasteiger partial charge in [0.2, 0.25) is 0 Å². The first-order chi connectivity index (χ1) is 10.2. The van der Waals surface area contributed by atoms with Gasteiger partial charge in [-0.2, -0.15) is 0 Å². The lowest BCUT2D eigenvalue weighted by Crippen LogP contribution is -2.35. The molecule has 3 rings (SSSR count). The first kappa shape index (κ1) is 14.1. The Kier molecular flexibility index (Phi) is 3.97. The van der Waals surface area contributed by atoms with Gasteiger partial charge in [-0.15, -0.1) is 0 Å². The molecule has 0 spiro atoms. The van der Waals surface area contributed by atoms with E-state index in [-0.39, 0.29) is 5.56 Å². The van der Waals surface area contributed by atoms with E-state index in [9.17, 15) is 4.79 Å². The van der Waals surface area contributed by atoms with E-state index in [0.29, 0.717) is 12.6 Å². The fourth-order valence-electron chi connectivity index (χ4n) is 2.98. The normalized spacial score (nSPS) is 17.2. The van der Waals surface area contributed by atoms with E-state index in [0.717, 1.165) is 42.6 Å². The van der Waals surface area contributed by atoms with Crippen molar-refractivity contribution in [2.45, 2.75) is 32.4 Å². The van der Waals surface area contributed by atoms with Crippen LogP contribution in [0, 0.1) is 0 Å². The van der Waals surface area contributed by atoms with E-state index in [1.807, 2.05) is 31.2 Å². The van der Waals surface area contributed by atoms with Gasteiger partial charge in [-0.05, 0) is 51.1 Å². The van der Waals surface area contributed by atoms with Crippen LogP contribution in [0.3, 0.4) is 0 Å². The molecule has 21 heavy (non-hydrogen) atoms. The third kappa shape index (κ3) is 2.95. The Balaban J connectivity index is 1.85. The molecule has 0 N–H and O–H groups in total. The Hall–Kier alpha value is -1.81. The van der Waals surface area contributed by atoms with Crippen molar-refractivity contribution in [3.05, 3.63) is 40.7 Å². The van der Waals surface area contributed by atoms with Gasteiger partial charge < -0.3 is 14.2 Å². The van der Waals surface area contributed by atoms with E-state index in [2.05, 4.69) is 11.9 Å². The van der Waals surface area contributed by atoms with E-state index in [1.165, 1.54) is 0 Å². The maximum absolute atomic E-state index is 11.8. The summed E-state index contributed by atoms with van der Waals surface area (Å²) < 4.78 is 7.89. The molecule has 1 saturated heterocycles. The topological polar surface area (TPSA) is 34.5 Å². The van der Waals surface area contributed by atoms with Crippen molar-refractivity contribution in [1.29, 1.82) is 0 Å². The standard InChI is InChI=1S/C17H22N2O2/c1-3-19-16-6-5-15(12-13(16)4-7-17(19)20)21-14-8-10-18(2)11-9-14/h4-7,12,14H,3,8-11H2,1-2H3. The smallest absolute Gasteiger partial charge is 0.250 e. The van der Waals surface area contributed by atoms with Gasteiger partial charge >= 0.3 is 0 Å². The zero-order chi connectivity index (χ0) is 14.8. The van der Waals surface area contributed by atoms with Crippen LogP contribution in [0.2, 0.25) is 0 Å². The molecule has 0 saturated carbocycles. The van der Waals surface area contributed by atoms with Crippen molar-refractivity contribution >= 4 is 10.9 Å². The largest absolute Gasteiger partial charge is 0.490 e. The number of benzene rings is 1. The van der Waals surface area contributed by atoms with Crippen molar-refractivity contribution in [2.75, 3.05) is 20.1 Å². The molecule has 4 heteroatoms. The van der Waals surface area contributed by atoms with Crippen LogP contribution in [0.15, 0.2) is 35.1 Å². The predicted molar refractivity (Wildman–Crippen MR) is 85.0 cm³/mol. The van der Waals surface area contributed by atoms with Crippen LogP contribution in [0.5, 0.6) is 5.75 Å². The zero-order valence-corrected chi connectivity index (χ0v) is 12.7. The molecule has 1 fully saturated rings. The van der Waals surface area contributed by atoms with Crippen LogP contribution >= 0.6 is 0 Å². The van der Waals surface area contributed by atoms with Gasteiger partial charge in [-0.3, -0.25) is 4.79 Å². The maximum Gasteiger partial charge on any atom is 0.250 e. The van der Waals surface area contributed by atoms with Gasteiger partial charge in [-0.1, -0.05) is 0 Å². The number of piperidine rings is 1. The lowest BCUT2D eigenvalue weighted by molar-refractivity contribution is 0.114. The van der Waals surface area contributed by atoms with E-state index >= 15 is 0 Å². The number of fused-ring (bicyclic) bond motifs is 1. The lowest BCUT2D eigenvalue weighted by Gasteiger charge is -2.29. The number of aromatic nitrogens is 1. The fraction of sp³-hybridized carbons (Fsp3) is 0.471. The third-order valence-corrected chi connectivity index (χ3v) is 4.25. The Morgan fingerprint density at radius 1 is 1.19 bits per heavy atom. The SMILES string of the molecule is CCn1c(=O)ccc2cc(OC3CCN(C)CC3)ccc21. The predicted octanol–water partition coefficient (Wildman–Crippen LogP) is 2.49. The van der Waals surface area contributed by atoms with Crippen LogP contribution in [-0.2, 0) is 6.54 Å². The van der Waals surface area contributed by atoms with Crippen LogP contribution in [0.25, 0.3) is 10.9 Å². The Bertz CT molecular complexity index is 685. The molecule has 1 aromatic heterocycles. The molecule has 1 aliphatic heterocycles. The summed E-state index contributed by atoms with van der Waals surface area (Å²) in [6, 6.07) is 9.52. The number of rotatable bonds is 3. The number of nitrogens with zero attached hydrogens (tertiary/aromatic N) is 2. The highest BCUT2D eigenvalue weighted by Gasteiger charge is 2.18. The highest BCUT2D eigenvalue weighted by atomic mass is 16.5. The van der Waals surface area contributed by atoms with Gasteiger partial charge in [0, 0.05) is 31.1 Å². The average molecular weight is 286 g/mol. The van der Waals surface area contributed by atoms with Crippen molar-refractivity contribution in [2.24, 2.45) is 0 Å². The molecule has 0 unspecified atom stereocenters. The molecule has 1 aromatic carbocycles. The Morgan fingerprint density at radius 2 is 1.95 bits per heavy atom. The van der Waals surface area contributed by atoms with Crippen molar-refractivity contribution < 1.29 is 4.74 Å². The first-order valence-electron chi connectivity index (χ1n) is 7.66. The van der Waals surface area contributed by atoms with Crippen LogP contribution in [-0.4, -0.2) is 35.7 Å². The number of aryl methyl sites for hydroxylation is 1. The molecule has 2 heterocycles. The highest BCUT2D eigenvalue weighted by Crippen LogP contribution is 2.23. The van der Waals surface area contributed by atoms with Gasteiger partial charge in [0.25, 0.3) is 5.56 Å². The number of likely N-dealkylation sites (tertiary alicyclic amines) is 1. The molecule has 112 valence electrons. The van der Waals surface area contributed by atoms with Gasteiger partial charge in [0.15, 0.2) is 0 Å². The summed E-state index contributed by atoms with van der Waals surface area (Å²) in [7, 11) is 2.15. The summed E-state index contributed by atoms with van der Waals surface area (Å²) in [6.45, 7) is 4.86. The monoisotopic (exact) mass is 286 g/mol. The molecule has 0 amide bonds. The molecular weight excluding hydrogens is 264 g/mol. The second-order valence-corrected chi connectivity index (χ2v) is 5.76. The average Bonchev–Trinajstić information content (AvgIpc) is 2.50. The minimum Gasteiger partial charge on any atom is -0.490 e. The number of pyridine rings is 1. The summed E-state index contributed by atoms with van der Waals surface area (Å²) in [5, 5.41) is 1.06. The minimum absolute atomic E-state index is 0.0500. The Morgan fingerprint density at radius 3 is 2.67 bits per heavy atom. The second kappa shape index (κ2) is 5.90. The van der Waals surface area contributed by atoms with Crippen LogP contribution in [0.1, 0.15) is 19.8 Å². The zero-order valence-electron chi connectivity index (χ0n) is 12.7. The summed E-state index contributed by atoms with van der Waals surface area (Å²) >= 11 is 0. The van der Waals surface area contributed by atoms with Gasteiger partial charge in [-0.25, -0.2) is 0 Å². The molecule has 1 aliphatic rings. The minimum atomic E-state index is 0.0500. The third-order valence-electron chi connectivity index (χ3n) is 4.25. The number of hydrogen-bond acceptors (Lipinski definition) is 3. The quantitative estimate of drug-likeness (QED) is 0.869. The molecule has 4 nitrogen and oxygen atoms in total. The van der Waals surface area contributed by atoms with Gasteiger partial charge in [0.05, 0.1) is 5.52 Å². The second-order valence-electron chi connectivity index (χ2n) is 5.76. The van der Waals surface area contributed by atoms with E-state index in [1.54, 1.807) is 10.6 Å². The molecule has 0 radical (unpaired) electrons. The molecule has 0 bridgehead atoms. The lowest BCUT2D eigenvalue weighted by atomic mass is 10.1. The Labute approximate surface area is 124 Å². The highest BCUT2D eigenvalue weighted by molar-refractivity contribution is 5.80. The van der Waals surface area contributed by atoms with Crippen LogP contribution in [0.4, 0.5) is 0 Å². The van der Waals surface area contributed by atoms with E-state index < -0.39 is 0 Å². The number of hydrogen-bond donors (Lipinski definition) is 0. The fourth-order valence-corrected chi connectivity index (χ4v) is 2.98. The summed E-state index contributed by atoms with van der Waals surface area (Å²) in [4.78, 5) is 14.2. The van der Waals surface area contributed by atoms with Crippen molar-refractivity contribution in [3.63, 3.8) is 0 Å². The molecule has 0 atom stereocenters. The molecular formula is C17H22N2O2. The van der Waals surface area contributed by atoms with Crippen LogP contribution < -0.4 is 10.3 Å². The summed E-state index contributed by atoms with van der Waals surface area (Å²) in [5.41, 5.74) is 1.02. The van der Waals surface area contributed by atoms with Crippen molar-refractivity contribution in [1.82, 2.24) is 9.47 Å². The number of ether oxygens (including phenoxy) is 1. The first-order valence-corrected chi connectivity index (χ1v) is 7.66. The van der Waals surface area contributed by atoms with E-state index in [4.69, 9.17) is 4.74 Å². The van der Waals surface area contributed by atoms with Crippen molar-refractivity contribution in [3.8, 4) is 5.75 Å². The van der Waals surface area contributed by atoms with Gasteiger partial charge in [0.1, 0.15) is 11.9 Å². The summed E-state index contributed by atoms with van der Waals surface area (Å²) in [5.74, 6) is 0.901. The maximum atomic E-state index is 11.8. The molecule has 0 aliphatic carbocycles. The summed E-state index contributed by atoms with van der Waals surface area (Å²) in [6.07, 6.45) is 2.45. The molecule has 2 aromatic rings.